The zero-order chi connectivity index (χ0) is 21.0. The summed E-state index contributed by atoms with van der Waals surface area (Å²) in [4.78, 5) is 46.4. The number of nitrogens with one attached hydrogen (secondary N) is 1. The Morgan fingerprint density at radius 1 is 1.28 bits per heavy atom. The molecule has 0 radical (unpaired) electrons. The van der Waals surface area contributed by atoms with E-state index in [1.807, 2.05) is 10.8 Å². The number of aliphatic carboxylic acids is 1. The van der Waals surface area contributed by atoms with Gasteiger partial charge in [-0.1, -0.05) is 0 Å². The Bertz CT molecular complexity index is 854. The van der Waals surface area contributed by atoms with Crippen molar-refractivity contribution in [2.24, 2.45) is 0 Å². The summed E-state index contributed by atoms with van der Waals surface area (Å²) < 4.78 is 1.84. The number of nitrogens with zero attached hydrogens (tertiary/aromatic N) is 2. The quantitative estimate of drug-likeness (QED) is 0.212. The minimum Gasteiger partial charge on any atom is -0.545 e. The molecule has 154 valence electrons. The van der Waals surface area contributed by atoms with Gasteiger partial charge >= 0.3 is 5.97 Å². The molecule has 2 aliphatic rings. The Balaban J connectivity index is 1.45. The second kappa shape index (κ2) is 9.19. The summed E-state index contributed by atoms with van der Waals surface area (Å²) in [6, 6.07) is 2.68. The SMILES string of the molecule is O=C(O)C(=O)CCCCNC1C(=O)N2C=C(C[n+]3ccc(C(=O)[O-])cc3)CS[C@@H]12. The summed E-state index contributed by atoms with van der Waals surface area (Å²) in [6.45, 7) is 1.11. The van der Waals surface area contributed by atoms with Crippen LogP contribution in [-0.4, -0.2) is 57.3 Å². The third-order valence-electron chi connectivity index (χ3n) is 4.79. The van der Waals surface area contributed by atoms with Gasteiger partial charge in [-0.2, -0.15) is 0 Å². The highest BCUT2D eigenvalue weighted by Crippen LogP contribution is 2.36. The summed E-state index contributed by atoms with van der Waals surface area (Å²) >= 11 is 1.66. The number of aromatic nitrogens is 1. The van der Waals surface area contributed by atoms with E-state index in [1.165, 1.54) is 12.1 Å². The molecule has 1 saturated heterocycles. The Kier molecular flexibility index (Phi) is 6.65. The maximum Gasteiger partial charge on any atom is 0.372 e. The third kappa shape index (κ3) is 5.01. The number of aromatic carboxylic acids is 1. The summed E-state index contributed by atoms with van der Waals surface area (Å²) in [6.07, 6.45) is 6.29. The van der Waals surface area contributed by atoms with Crippen molar-refractivity contribution in [2.45, 2.75) is 37.2 Å². The number of carboxylic acid groups (broad SMARTS) is 2. The summed E-state index contributed by atoms with van der Waals surface area (Å²) in [5.41, 5.74) is 1.17. The van der Waals surface area contributed by atoms with Crippen molar-refractivity contribution in [1.82, 2.24) is 10.2 Å². The van der Waals surface area contributed by atoms with E-state index in [4.69, 9.17) is 5.11 Å². The second-order valence-electron chi connectivity index (χ2n) is 6.90. The van der Waals surface area contributed by atoms with Crippen molar-refractivity contribution in [3.63, 3.8) is 0 Å². The molecule has 2 N–H and O–H groups in total. The number of β-lactam (4-membered cyclic amide) rings is 1. The van der Waals surface area contributed by atoms with Crippen LogP contribution < -0.4 is 15.0 Å². The molecule has 0 spiro atoms. The zero-order valence-electron chi connectivity index (χ0n) is 15.6. The van der Waals surface area contributed by atoms with E-state index >= 15 is 0 Å². The van der Waals surface area contributed by atoms with E-state index in [0.29, 0.717) is 25.9 Å². The van der Waals surface area contributed by atoms with E-state index in [1.54, 1.807) is 29.1 Å². The van der Waals surface area contributed by atoms with Gasteiger partial charge < -0.3 is 25.2 Å². The lowest BCUT2D eigenvalue weighted by Crippen LogP contribution is -2.67. The molecule has 1 fully saturated rings. The number of ketones is 1. The minimum atomic E-state index is -1.41. The van der Waals surface area contributed by atoms with Gasteiger partial charge in [0.05, 0.1) is 5.97 Å². The van der Waals surface area contributed by atoms with Crippen LogP contribution in [0.25, 0.3) is 0 Å². The largest absolute Gasteiger partial charge is 0.545 e. The number of rotatable bonds is 10. The molecule has 1 amide bonds. The van der Waals surface area contributed by atoms with Gasteiger partial charge in [0.2, 0.25) is 11.7 Å². The predicted molar refractivity (Wildman–Crippen MR) is 100 cm³/mol. The van der Waals surface area contributed by atoms with Gasteiger partial charge in [0, 0.05) is 41.6 Å². The molecular weight excluding hydrogens is 398 g/mol. The zero-order valence-corrected chi connectivity index (χ0v) is 16.4. The van der Waals surface area contributed by atoms with Gasteiger partial charge in [0.15, 0.2) is 18.9 Å². The maximum absolute atomic E-state index is 12.4. The fraction of sp³-hybridized carbons (Fsp3) is 0.421. The van der Waals surface area contributed by atoms with Gasteiger partial charge in [-0.25, -0.2) is 9.36 Å². The smallest absolute Gasteiger partial charge is 0.372 e. The number of Topliss-reactive ketones (excluding diaryl/α,β-unsaturated/α-hetero) is 1. The Hall–Kier alpha value is -2.72. The van der Waals surface area contributed by atoms with Crippen molar-refractivity contribution >= 4 is 35.4 Å². The lowest BCUT2D eigenvalue weighted by molar-refractivity contribution is -0.689. The van der Waals surface area contributed by atoms with Crippen molar-refractivity contribution in [1.29, 1.82) is 0 Å². The van der Waals surface area contributed by atoms with Crippen LogP contribution >= 0.6 is 11.8 Å². The van der Waals surface area contributed by atoms with Gasteiger partial charge in [-0.3, -0.25) is 9.59 Å². The topological polar surface area (TPSA) is 131 Å². The van der Waals surface area contributed by atoms with Gasteiger partial charge in [-0.15, -0.1) is 11.8 Å². The first-order valence-corrected chi connectivity index (χ1v) is 10.2. The van der Waals surface area contributed by atoms with E-state index < -0.39 is 17.7 Å². The van der Waals surface area contributed by atoms with Crippen LogP contribution in [0.4, 0.5) is 0 Å². The lowest BCUT2D eigenvalue weighted by Gasteiger charge is -2.47. The molecule has 1 aromatic rings. The number of unbranched alkanes of at least 4 members (excludes halogenated alkanes) is 1. The molecule has 2 atom stereocenters. The predicted octanol–water partition coefficient (Wildman–Crippen LogP) is -1.08. The first kappa shape index (κ1) is 21.0. The molecule has 3 heterocycles. The minimum absolute atomic E-state index is 0.00759. The van der Waals surface area contributed by atoms with E-state index in [9.17, 15) is 24.3 Å². The number of amides is 1. The summed E-state index contributed by atoms with van der Waals surface area (Å²) in [5.74, 6) is -2.67. The second-order valence-corrected chi connectivity index (χ2v) is 8.00. The number of hydrogen-bond acceptors (Lipinski definition) is 7. The number of carboxylic acids is 2. The highest BCUT2D eigenvalue weighted by molar-refractivity contribution is 8.00. The molecule has 0 bridgehead atoms. The average molecular weight is 419 g/mol. The first-order valence-electron chi connectivity index (χ1n) is 9.20. The van der Waals surface area contributed by atoms with Crippen molar-refractivity contribution in [3.8, 4) is 0 Å². The number of carbonyl (C=O) groups excluding carboxylic acids is 3. The van der Waals surface area contributed by atoms with Crippen molar-refractivity contribution < 1.29 is 34.0 Å². The fourth-order valence-corrected chi connectivity index (χ4v) is 4.49. The molecule has 10 heteroatoms. The Morgan fingerprint density at radius 2 is 2.00 bits per heavy atom. The van der Waals surface area contributed by atoms with Gasteiger partial charge in [0.1, 0.15) is 11.4 Å². The molecule has 0 aromatic carbocycles. The maximum atomic E-state index is 12.4. The van der Waals surface area contributed by atoms with E-state index in [0.717, 1.165) is 11.3 Å². The van der Waals surface area contributed by atoms with E-state index in [2.05, 4.69) is 5.32 Å². The molecule has 1 unspecified atom stereocenters. The number of hydrogen-bond donors (Lipinski definition) is 2. The molecule has 3 rings (SSSR count). The van der Waals surface area contributed by atoms with Crippen LogP contribution in [-0.2, 0) is 20.9 Å². The fourth-order valence-electron chi connectivity index (χ4n) is 3.21. The Morgan fingerprint density at radius 3 is 2.66 bits per heavy atom. The molecule has 0 saturated carbocycles. The first-order chi connectivity index (χ1) is 13.9. The monoisotopic (exact) mass is 419 g/mol. The average Bonchev–Trinajstić information content (AvgIpc) is 2.70. The standard InChI is InChI=1S/C19H21N3O6S/c23-14(19(27)28)3-1-2-6-20-15-16(24)22-10-12(11-29-17(15)22)9-21-7-4-13(5-8-21)18(25)26/h4-5,7-8,10,15,17,20H,1-3,6,9,11H2,(H-,25,26,27,28)/t15?,17-/m0/s1. The van der Waals surface area contributed by atoms with Crippen LogP contribution in [0.3, 0.4) is 0 Å². The molecule has 29 heavy (non-hydrogen) atoms. The molecule has 2 aliphatic heterocycles. The van der Waals surface area contributed by atoms with Gasteiger partial charge in [0.25, 0.3) is 0 Å². The third-order valence-corrected chi connectivity index (χ3v) is 6.17. The Labute approximate surface area is 171 Å². The van der Waals surface area contributed by atoms with Crippen LogP contribution in [0.15, 0.2) is 36.3 Å². The lowest BCUT2D eigenvalue weighted by atomic mass is 10.1. The number of carbonyl (C=O) groups is 4. The highest BCUT2D eigenvalue weighted by atomic mass is 32.2. The van der Waals surface area contributed by atoms with E-state index in [-0.39, 0.29) is 29.3 Å². The molecular formula is C19H21N3O6S. The normalized spacial score (nSPS) is 20.5. The highest BCUT2D eigenvalue weighted by Gasteiger charge is 2.48. The molecule has 9 nitrogen and oxygen atoms in total. The summed E-state index contributed by atoms with van der Waals surface area (Å²) in [5, 5.41) is 22.5. The van der Waals surface area contributed by atoms with Crippen LogP contribution in [0.2, 0.25) is 0 Å². The van der Waals surface area contributed by atoms with Crippen LogP contribution in [0.1, 0.15) is 29.6 Å². The van der Waals surface area contributed by atoms with Crippen molar-refractivity contribution in [3.05, 3.63) is 41.9 Å². The van der Waals surface area contributed by atoms with Gasteiger partial charge in [-0.05, 0) is 19.4 Å². The van der Waals surface area contributed by atoms with Crippen molar-refractivity contribution in [2.75, 3.05) is 12.3 Å². The van der Waals surface area contributed by atoms with Crippen LogP contribution in [0, 0.1) is 0 Å². The molecule has 1 aromatic heterocycles. The van der Waals surface area contributed by atoms with Crippen LogP contribution in [0.5, 0.6) is 0 Å². The number of pyridine rings is 1. The number of fused-ring (bicyclic) bond motifs is 1. The summed E-state index contributed by atoms with van der Waals surface area (Å²) in [7, 11) is 0. The molecule has 0 aliphatic carbocycles. The number of thioether (sulfide) groups is 1.